The molecule has 9 nitrogen and oxygen atoms in total. The van der Waals surface area contributed by atoms with Crippen molar-refractivity contribution in [3.05, 3.63) is 47.4 Å². The van der Waals surface area contributed by atoms with Crippen molar-refractivity contribution in [2.45, 2.75) is 37.9 Å². The number of benzene rings is 1. The monoisotopic (exact) mass is 441 g/mol. The van der Waals surface area contributed by atoms with E-state index in [0.29, 0.717) is 23.5 Å². The molecule has 0 aliphatic carbocycles. The molecule has 1 aliphatic rings. The third-order valence-corrected chi connectivity index (χ3v) is 6.66. The Balaban J connectivity index is 1.35. The predicted molar refractivity (Wildman–Crippen MR) is 117 cm³/mol. The molecule has 1 fully saturated rings. The van der Waals surface area contributed by atoms with Crippen molar-refractivity contribution in [1.29, 1.82) is 0 Å². The molecule has 0 radical (unpaired) electrons. The Labute approximate surface area is 182 Å². The molecule has 4 N–H and O–H groups in total. The average Bonchev–Trinajstić information content (AvgIpc) is 3.45. The van der Waals surface area contributed by atoms with Gasteiger partial charge in [-0.3, -0.25) is 4.57 Å². The molecule has 0 saturated carbocycles. The number of nitrogens with zero attached hydrogens (tertiary/aromatic N) is 4. The minimum atomic E-state index is -1.20. The zero-order valence-electron chi connectivity index (χ0n) is 16.8. The molecule has 2 unspecified atom stereocenters. The first-order valence-electron chi connectivity index (χ1n) is 10.1. The first-order valence-corrected chi connectivity index (χ1v) is 11.0. The van der Waals surface area contributed by atoms with Crippen LogP contribution < -0.4 is 5.32 Å². The summed E-state index contributed by atoms with van der Waals surface area (Å²) >= 11 is 1.75. The molecule has 10 heteroatoms. The quantitative estimate of drug-likeness (QED) is 0.356. The number of aliphatic hydroxyl groups is 3. The number of aromatic nitrogens is 4. The Bertz CT molecular complexity index is 1230. The summed E-state index contributed by atoms with van der Waals surface area (Å²) in [5.41, 5.74) is 3.56. The lowest BCUT2D eigenvalue weighted by molar-refractivity contribution is -0.0511. The third kappa shape index (κ3) is 3.56. The second kappa shape index (κ2) is 8.13. The van der Waals surface area contributed by atoms with Gasteiger partial charge in [-0.05, 0) is 35.7 Å². The van der Waals surface area contributed by atoms with Gasteiger partial charge in [-0.25, -0.2) is 15.0 Å². The van der Waals surface area contributed by atoms with Gasteiger partial charge >= 0.3 is 0 Å². The van der Waals surface area contributed by atoms with E-state index in [0.717, 1.165) is 6.42 Å². The van der Waals surface area contributed by atoms with E-state index >= 15 is 0 Å². The summed E-state index contributed by atoms with van der Waals surface area (Å²) in [6, 6.07) is 6.50. The van der Waals surface area contributed by atoms with Crippen LogP contribution in [0.5, 0.6) is 0 Å². The molecule has 1 saturated heterocycles. The van der Waals surface area contributed by atoms with Crippen LogP contribution in [0.25, 0.3) is 21.3 Å². The van der Waals surface area contributed by atoms with Crippen LogP contribution in [0.15, 0.2) is 36.2 Å². The van der Waals surface area contributed by atoms with E-state index in [4.69, 9.17) is 4.74 Å². The minimum absolute atomic E-state index is 0.389. The van der Waals surface area contributed by atoms with Crippen LogP contribution in [0.4, 0.5) is 5.82 Å². The van der Waals surface area contributed by atoms with E-state index in [1.165, 1.54) is 33.9 Å². The van der Waals surface area contributed by atoms with E-state index in [9.17, 15) is 15.3 Å². The van der Waals surface area contributed by atoms with Crippen LogP contribution in [0.1, 0.15) is 17.4 Å². The molecule has 1 aliphatic heterocycles. The van der Waals surface area contributed by atoms with E-state index in [1.54, 1.807) is 15.9 Å². The van der Waals surface area contributed by atoms with Gasteiger partial charge in [0.2, 0.25) is 0 Å². The molecule has 162 valence electrons. The number of aryl methyl sites for hydroxylation is 1. The summed E-state index contributed by atoms with van der Waals surface area (Å²) in [6.45, 7) is 2.38. The number of thiophene rings is 1. The predicted octanol–water partition coefficient (Wildman–Crippen LogP) is 1.62. The van der Waals surface area contributed by atoms with Crippen molar-refractivity contribution in [3.8, 4) is 0 Å². The number of hydrogen-bond donors (Lipinski definition) is 4. The normalized spacial score (nSPS) is 23.7. The van der Waals surface area contributed by atoms with Crippen LogP contribution >= 0.6 is 11.3 Å². The summed E-state index contributed by atoms with van der Waals surface area (Å²) in [6.07, 6.45) is -0.369. The van der Waals surface area contributed by atoms with Gasteiger partial charge in [-0.1, -0.05) is 17.7 Å². The number of ether oxygens (including phenoxy) is 1. The highest BCUT2D eigenvalue weighted by Gasteiger charge is 2.44. The lowest BCUT2D eigenvalue weighted by Crippen LogP contribution is -2.33. The molecule has 4 heterocycles. The fourth-order valence-corrected chi connectivity index (χ4v) is 4.96. The molecule has 4 aromatic rings. The lowest BCUT2D eigenvalue weighted by atomic mass is 10.1. The van der Waals surface area contributed by atoms with Crippen molar-refractivity contribution in [2.24, 2.45) is 0 Å². The van der Waals surface area contributed by atoms with Gasteiger partial charge in [0, 0.05) is 11.2 Å². The summed E-state index contributed by atoms with van der Waals surface area (Å²) in [5, 5.41) is 36.5. The number of anilines is 1. The minimum Gasteiger partial charge on any atom is -0.394 e. The Kier molecular flexibility index (Phi) is 5.32. The van der Waals surface area contributed by atoms with E-state index in [1.807, 2.05) is 0 Å². The Morgan fingerprint density at radius 1 is 1.19 bits per heavy atom. The number of nitrogens with one attached hydrogen (secondary N) is 1. The van der Waals surface area contributed by atoms with Gasteiger partial charge in [0.25, 0.3) is 0 Å². The van der Waals surface area contributed by atoms with Crippen LogP contribution in [-0.4, -0.2) is 66.3 Å². The maximum atomic E-state index is 10.3. The smallest absolute Gasteiger partial charge is 0.167 e. The molecular formula is C21H23N5O4S. The first-order chi connectivity index (χ1) is 15.1. The molecule has 0 amide bonds. The Morgan fingerprint density at radius 3 is 2.87 bits per heavy atom. The second-order valence-electron chi connectivity index (χ2n) is 7.71. The number of imidazole rings is 1. The maximum Gasteiger partial charge on any atom is 0.167 e. The van der Waals surface area contributed by atoms with Crippen LogP contribution in [0.2, 0.25) is 0 Å². The Morgan fingerprint density at radius 2 is 2.06 bits per heavy atom. The van der Waals surface area contributed by atoms with Gasteiger partial charge in [0.15, 0.2) is 23.2 Å². The number of rotatable bonds is 6. The first kappa shape index (κ1) is 20.3. The highest BCUT2D eigenvalue weighted by Crippen LogP contribution is 2.32. The van der Waals surface area contributed by atoms with E-state index in [-0.39, 0.29) is 6.61 Å². The standard InChI is InChI=1S/C21H23N5O4S/c1-11-2-3-15-13(6-11)12(8-31-15)4-5-22-19-16-20(24-9-23-19)26(10-25-16)21-18(29)17(28)14(7-27)30-21/h2-3,6,8-10,14,17-18,21,27-29H,4-5,7H2,1H3,(H,22,23,24)/t14-,17?,18?,21-/m1/s1. The topological polar surface area (TPSA) is 126 Å². The summed E-state index contributed by atoms with van der Waals surface area (Å²) in [5.74, 6) is 0.589. The molecule has 31 heavy (non-hydrogen) atoms. The summed E-state index contributed by atoms with van der Waals surface area (Å²) in [4.78, 5) is 13.0. The molecule has 0 bridgehead atoms. The fraction of sp³-hybridized carbons (Fsp3) is 0.381. The van der Waals surface area contributed by atoms with Gasteiger partial charge in [0.05, 0.1) is 12.9 Å². The number of fused-ring (bicyclic) bond motifs is 2. The highest BCUT2D eigenvalue weighted by molar-refractivity contribution is 7.17. The van der Waals surface area contributed by atoms with Crippen molar-refractivity contribution >= 4 is 38.4 Å². The average molecular weight is 442 g/mol. The lowest BCUT2D eigenvalue weighted by Gasteiger charge is -2.16. The van der Waals surface area contributed by atoms with Crippen molar-refractivity contribution in [1.82, 2.24) is 19.5 Å². The number of hydrogen-bond acceptors (Lipinski definition) is 9. The van der Waals surface area contributed by atoms with Gasteiger partial charge in [0.1, 0.15) is 24.6 Å². The maximum absolute atomic E-state index is 10.3. The summed E-state index contributed by atoms with van der Waals surface area (Å²) < 4.78 is 8.44. The second-order valence-corrected chi connectivity index (χ2v) is 8.62. The highest BCUT2D eigenvalue weighted by atomic mass is 32.1. The van der Waals surface area contributed by atoms with Crippen LogP contribution in [0.3, 0.4) is 0 Å². The van der Waals surface area contributed by atoms with E-state index in [2.05, 4.69) is 50.8 Å². The number of aliphatic hydroxyl groups excluding tert-OH is 3. The van der Waals surface area contributed by atoms with E-state index < -0.39 is 24.5 Å². The SMILES string of the molecule is Cc1ccc2scc(CCNc3ncnc4c3ncn4[C@@H]3O[C@H](CO)C(O)C3O)c2c1. The van der Waals surface area contributed by atoms with Crippen molar-refractivity contribution in [2.75, 3.05) is 18.5 Å². The molecule has 0 spiro atoms. The third-order valence-electron chi connectivity index (χ3n) is 5.65. The molecule has 4 atom stereocenters. The molecule has 1 aromatic carbocycles. The van der Waals surface area contributed by atoms with Crippen molar-refractivity contribution < 1.29 is 20.1 Å². The van der Waals surface area contributed by atoms with Crippen molar-refractivity contribution in [3.63, 3.8) is 0 Å². The Hall–Kier alpha value is -2.63. The zero-order valence-corrected chi connectivity index (χ0v) is 17.7. The van der Waals surface area contributed by atoms with Gasteiger partial charge < -0.3 is 25.4 Å². The fourth-order valence-electron chi connectivity index (χ4n) is 3.98. The van der Waals surface area contributed by atoms with Gasteiger partial charge in [-0.15, -0.1) is 11.3 Å². The van der Waals surface area contributed by atoms with Crippen LogP contribution in [-0.2, 0) is 11.2 Å². The van der Waals surface area contributed by atoms with Crippen LogP contribution in [0, 0.1) is 6.92 Å². The summed E-state index contributed by atoms with van der Waals surface area (Å²) in [7, 11) is 0. The molecule has 5 rings (SSSR count). The zero-order chi connectivity index (χ0) is 21.5. The van der Waals surface area contributed by atoms with Gasteiger partial charge in [-0.2, -0.15) is 0 Å². The largest absolute Gasteiger partial charge is 0.394 e. The molecular weight excluding hydrogens is 418 g/mol. The molecule has 3 aromatic heterocycles.